The maximum Gasteiger partial charge on any atom is 0.417 e. The molecule has 3 rings (SSSR count). The molecule has 3 aromatic rings. The van der Waals surface area contributed by atoms with E-state index in [0.717, 1.165) is 17.8 Å². The van der Waals surface area contributed by atoms with Gasteiger partial charge in [0.2, 0.25) is 0 Å². The van der Waals surface area contributed by atoms with E-state index >= 15 is 0 Å². The van der Waals surface area contributed by atoms with Gasteiger partial charge in [-0.15, -0.1) is 0 Å². The zero-order valence-corrected chi connectivity index (χ0v) is 17.5. The van der Waals surface area contributed by atoms with Crippen molar-refractivity contribution in [3.63, 3.8) is 0 Å². The predicted molar refractivity (Wildman–Crippen MR) is 114 cm³/mol. The fraction of sp³-hybridized carbons (Fsp3) is 0.182. The Hall–Kier alpha value is -3.33. The number of nitrogens with one attached hydrogen (secondary N) is 1. The molecule has 0 aliphatic carbocycles. The Balaban J connectivity index is 1.71. The molecule has 0 aliphatic heterocycles. The van der Waals surface area contributed by atoms with Gasteiger partial charge in [0.1, 0.15) is 18.2 Å². The lowest BCUT2D eigenvalue weighted by Gasteiger charge is -2.14. The lowest BCUT2D eigenvalue weighted by molar-refractivity contribution is -0.137. The molecular formula is C22H18ClF4N3O2. The fourth-order valence-corrected chi connectivity index (χ4v) is 2.88. The number of pyridine rings is 1. The highest BCUT2D eigenvalue weighted by Crippen LogP contribution is 2.37. The lowest BCUT2D eigenvalue weighted by Crippen LogP contribution is -2.05. The van der Waals surface area contributed by atoms with Crippen LogP contribution in [0.25, 0.3) is 0 Å². The van der Waals surface area contributed by atoms with Crippen LogP contribution in [0.2, 0.25) is 5.02 Å². The summed E-state index contributed by atoms with van der Waals surface area (Å²) in [5.41, 5.74) is 3.02. The Morgan fingerprint density at radius 1 is 1.09 bits per heavy atom. The van der Waals surface area contributed by atoms with Gasteiger partial charge in [0.15, 0.2) is 11.5 Å². The normalized spacial score (nSPS) is 11.6. The summed E-state index contributed by atoms with van der Waals surface area (Å²) in [7, 11) is 0. The molecule has 0 radical (unpaired) electrons. The quantitative estimate of drug-likeness (QED) is 0.239. The number of ether oxygens (including phenoxy) is 2. The van der Waals surface area contributed by atoms with E-state index in [1.54, 1.807) is 31.2 Å². The monoisotopic (exact) mass is 467 g/mol. The summed E-state index contributed by atoms with van der Waals surface area (Å²) in [6.07, 6.45) is -2.32. The first kappa shape index (κ1) is 23.3. The van der Waals surface area contributed by atoms with Crippen molar-refractivity contribution < 1.29 is 27.0 Å². The van der Waals surface area contributed by atoms with Gasteiger partial charge < -0.3 is 9.47 Å². The number of benzene rings is 2. The van der Waals surface area contributed by atoms with E-state index in [1.807, 2.05) is 0 Å². The van der Waals surface area contributed by atoms with E-state index < -0.39 is 11.7 Å². The molecule has 1 aromatic heterocycles. The van der Waals surface area contributed by atoms with Crippen LogP contribution in [0.5, 0.6) is 11.5 Å². The maximum absolute atomic E-state index is 13.0. The molecular weight excluding hydrogens is 450 g/mol. The van der Waals surface area contributed by atoms with E-state index in [2.05, 4.69) is 15.5 Å². The first-order valence-electron chi connectivity index (χ1n) is 9.42. The average molecular weight is 468 g/mol. The van der Waals surface area contributed by atoms with Crippen LogP contribution in [0, 0.1) is 5.82 Å². The average Bonchev–Trinajstić information content (AvgIpc) is 2.74. The summed E-state index contributed by atoms with van der Waals surface area (Å²) in [5, 5.41) is 4.24. The molecule has 5 nitrogen and oxygen atoms in total. The zero-order valence-electron chi connectivity index (χ0n) is 16.8. The molecule has 0 fully saturated rings. The van der Waals surface area contributed by atoms with Crippen molar-refractivity contribution in [3.05, 3.63) is 82.3 Å². The molecule has 0 atom stereocenters. The van der Waals surface area contributed by atoms with Gasteiger partial charge >= 0.3 is 6.18 Å². The topological polar surface area (TPSA) is 55.7 Å². The Morgan fingerprint density at radius 2 is 1.84 bits per heavy atom. The number of anilines is 1. The third kappa shape index (κ3) is 6.34. The molecule has 0 aliphatic rings. The number of hydrogen-bond acceptors (Lipinski definition) is 5. The molecule has 2 aromatic carbocycles. The highest BCUT2D eigenvalue weighted by molar-refractivity contribution is 6.32. The van der Waals surface area contributed by atoms with Gasteiger partial charge in [-0.05, 0) is 54.4 Å². The highest BCUT2D eigenvalue weighted by Gasteiger charge is 2.30. The molecule has 1 N–H and O–H groups in total. The van der Waals surface area contributed by atoms with E-state index in [9.17, 15) is 17.6 Å². The van der Waals surface area contributed by atoms with Crippen molar-refractivity contribution in [3.8, 4) is 11.5 Å². The van der Waals surface area contributed by atoms with E-state index in [-0.39, 0.29) is 23.3 Å². The second kappa shape index (κ2) is 10.3. The summed E-state index contributed by atoms with van der Waals surface area (Å²) >= 11 is 6.35. The van der Waals surface area contributed by atoms with Crippen LogP contribution in [0.1, 0.15) is 23.6 Å². The molecule has 0 saturated heterocycles. The summed E-state index contributed by atoms with van der Waals surface area (Å²) < 4.78 is 62.2. The summed E-state index contributed by atoms with van der Waals surface area (Å²) in [6, 6.07) is 11.2. The minimum Gasteiger partial charge on any atom is -0.490 e. The van der Waals surface area contributed by atoms with E-state index in [1.165, 1.54) is 24.4 Å². The van der Waals surface area contributed by atoms with Gasteiger partial charge in [-0.25, -0.2) is 9.37 Å². The first-order valence-corrected chi connectivity index (χ1v) is 9.80. The molecule has 168 valence electrons. The first-order chi connectivity index (χ1) is 15.3. The molecule has 0 amide bonds. The second-order valence-corrected chi connectivity index (χ2v) is 6.89. The Kier molecular flexibility index (Phi) is 7.53. The van der Waals surface area contributed by atoms with Crippen molar-refractivity contribution in [2.24, 2.45) is 5.10 Å². The number of rotatable bonds is 8. The molecule has 0 unspecified atom stereocenters. The standard InChI is InChI=1S/C22H18ClF4N3O2/c1-2-31-19-10-15(11-29-30-20-8-5-16(12-28-20)22(25,26)27)9-18(23)21(19)32-13-14-3-6-17(24)7-4-14/h3-12H,2,13H2,1H3,(H,28,30)/b29-11-. The summed E-state index contributed by atoms with van der Waals surface area (Å²) in [4.78, 5) is 3.67. The highest BCUT2D eigenvalue weighted by atomic mass is 35.5. The summed E-state index contributed by atoms with van der Waals surface area (Å²) in [5.74, 6) is 0.513. The molecule has 0 bridgehead atoms. The van der Waals surface area contributed by atoms with Gasteiger partial charge in [-0.1, -0.05) is 23.7 Å². The Morgan fingerprint density at radius 3 is 2.47 bits per heavy atom. The third-order valence-electron chi connectivity index (χ3n) is 4.11. The number of hydrogen-bond donors (Lipinski definition) is 1. The van der Waals surface area contributed by atoms with Crippen LogP contribution in [0.3, 0.4) is 0 Å². The van der Waals surface area contributed by atoms with Crippen LogP contribution in [0.4, 0.5) is 23.4 Å². The number of aromatic nitrogens is 1. The van der Waals surface area contributed by atoms with Crippen molar-refractivity contribution in [2.45, 2.75) is 19.7 Å². The van der Waals surface area contributed by atoms with E-state index in [4.69, 9.17) is 21.1 Å². The number of alkyl halides is 3. The van der Waals surface area contributed by atoms with Crippen molar-refractivity contribution in [1.82, 2.24) is 4.98 Å². The predicted octanol–water partition coefficient (Wildman–Crippen LogP) is 6.32. The number of halogens is 5. The fourth-order valence-electron chi connectivity index (χ4n) is 2.60. The molecule has 10 heteroatoms. The molecule has 1 heterocycles. The number of nitrogens with zero attached hydrogens (tertiary/aromatic N) is 2. The summed E-state index contributed by atoms with van der Waals surface area (Å²) in [6.45, 7) is 2.32. The Labute approximate surface area is 186 Å². The van der Waals surface area contributed by atoms with Gasteiger partial charge in [-0.3, -0.25) is 5.43 Å². The van der Waals surface area contributed by atoms with Gasteiger partial charge in [0.25, 0.3) is 0 Å². The van der Waals surface area contributed by atoms with Gasteiger partial charge in [0, 0.05) is 6.20 Å². The van der Waals surface area contributed by atoms with Crippen LogP contribution in [-0.2, 0) is 12.8 Å². The van der Waals surface area contributed by atoms with Crippen molar-refractivity contribution in [2.75, 3.05) is 12.0 Å². The minimum absolute atomic E-state index is 0.143. The molecule has 0 saturated carbocycles. The molecule has 0 spiro atoms. The third-order valence-corrected chi connectivity index (χ3v) is 4.39. The molecule has 32 heavy (non-hydrogen) atoms. The van der Waals surface area contributed by atoms with Gasteiger partial charge in [0.05, 0.1) is 23.4 Å². The maximum atomic E-state index is 13.0. The van der Waals surface area contributed by atoms with Crippen molar-refractivity contribution in [1.29, 1.82) is 0 Å². The van der Waals surface area contributed by atoms with E-state index in [0.29, 0.717) is 23.7 Å². The van der Waals surface area contributed by atoms with Crippen LogP contribution in [-0.4, -0.2) is 17.8 Å². The smallest absolute Gasteiger partial charge is 0.417 e. The minimum atomic E-state index is -4.46. The largest absolute Gasteiger partial charge is 0.490 e. The number of hydrazone groups is 1. The second-order valence-electron chi connectivity index (χ2n) is 6.48. The Bertz CT molecular complexity index is 1070. The van der Waals surface area contributed by atoms with Crippen molar-refractivity contribution >= 4 is 23.6 Å². The van der Waals surface area contributed by atoms with Crippen LogP contribution < -0.4 is 14.9 Å². The van der Waals surface area contributed by atoms with Crippen LogP contribution >= 0.6 is 11.6 Å². The van der Waals surface area contributed by atoms with Gasteiger partial charge in [-0.2, -0.15) is 18.3 Å². The zero-order chi connectivity index (χ0) is 23.1. The lowest BCUT2D eigenvalue weighted by atomic mass is 10.2. The SMILES string of the molecule is CCOc1cc(/C=N\Nc2ccc(C(F)(F)F)cn2)cc(Cl)c1OCc1ccc(F)cc1. The van der Waals surface area contributed by atoms with Crippen LogP contribution in [0.15, 0.2) is 59.8 Å².